The number of hydrogen-bond donors (Lipinski definition) is 2. The molecule has 0 saturated carbocycles. The Balaban J connectivity index is 2.32. The van der Waals surface area contributed by atoms with Gasteiger partial charge in [0.1, 0.15) is 5.82 Å². The minimum absolute atomic E-state index is 0.132. The molecule has 0 radical (unpaired) electrons. The molecule has 18 heavy (non-hydrogen) atoms. The van der Waals surface area contributed by atoms with Crippen LogP contribution in [0.1, 0.15) is 6.42 Å². The van der Waals surface area contributed by atoms with Crippen LogP contribution in [0.2, 0.25) is 0 Å². The van der Waals surface area contributed by atoms with Crippen molar-refractivity contribution in [3.05, 3.63) is 30.1 Å². The van der Waals surface area contributed by atoms with Gasteiger partial charge in [-0.15, -0.1) is 0 Å². The third kappa shape index (κ3) is 5.75. The van der Waals surface area contributed by atoms with Gasteiger partial charge in [0, 0.05) is 5.69 Å². The summed E-state index contributed by atoms with van der Waals surface area (Å²) in [6.07, 6.45) is 0.986. The van der Waals surface area contributed by atoms with Crippen LogP contribution in [0.4, 0.5) is 10.1 Å². The number of benzene rings is 1. The Kier molecular flexibility index (Phi) is 6.32. The van der Waals surface area contributed by atoms with Crippen molar-refractivity contribution in [1.82, 2.24) is 10.2 Å². The van der Waals surface area contributed by atoms with E-state index in [4.69, 9.17) is 0 Å². The molecule has 0 aliphatic heterocycles. The fraction of sp³-hybridized carbons (Fsp3) is 0.462. The molecule has 2 N–H and O–H groups in total. The molecular formula is C13H20FN3O. The molecule has 0 spiro atoms. The van der Waals surface area contributed by atoms with Crippen molar-refractivity contribution in [3.8, 4) is 0 Å². The lowest BCUT2D eigenvalue weighted by atomic mass is 10.3. The van der Waals surface area contributed by atoms with Crippen LogP contribution in [-0.4, -0.2) is 44.5 Å². The van der Waals surface area contributed by atoms with Crippen LogP contribution in [-0.2, 0) is 4.79 Å². The van der Waals surface area contributed by atoms with Crippen molar-refractivity contribution < 1.29 is 9.18 Å². The molecule has 0 fully saturated rings. The second kappa shape index (κ2) is 7.79. The number of carbonyl (C=O) groups is 1. The molecule has 0 saturated heterocycles. The van der Waals surface area contributed by atoms with Crippen LogP contribution in [0.3, 0.4) is 0 Å². The first-order valence-electron chi connectivity index (χ1n) is 6.00. The SMILES string of the molecule is CNCCCN(C)CC(=O)Nc1cccc(F)c1. The van der Waals surface area contributed by atoms with Gasteiger partial charge in [0.05, 0.1) is 6.54 Å². The minimum atomic E-state index is -0.352. The maximum absolute atomic E-state index is 12.9. The molecule has 1 amide bonds. The van der Waals surface area contributed by atoms with Crippen LogP contribution in [0, 0.1) is 5.82 Å². The fourth-order valence-electron chi connectivity index (χ4n) is 1.62. The van der Waals surface area contributed by atoms with E-state index in [0.717, 1.165) is 19.5 Å². The summed E-state index contributed by atoms with van der Waals surface area (Å²) >= 11 is 0. The lowest BCUT2D eigenvalue weighted by Gasteiger charge is -2.16. The predicted molar refractivity (Wildman–Crippen MR) is 71.1 cm³/mol. The zero-order valence-corrected chi connectivity index (χ0v) is 10.9. The van der Waals surface area contributed by atoms with Gasteiger partial charge in [-0.05, 0) is 51.8 Å². The van der Waals surface area contributed by atoms with Crippen molar-refractivity contribution in [2.24, 2.45) is 0 Å². The summed E-state index contributed by atoms with van der Waals surface area (Å²) < 4.78 is 12.9. The smallest absolute Gasteiger partial charge is 0.238 e. The summed E-state index contributed by atoms with van der Waals surface area (Å²) in [6.45, 7) is 2.08. The van der Waals surface area contributed by atoms with Crippen LogP contribution in [0.15, 0.2) is 24.3 Å². The van der Waals surface area contributed by atoms with E-state index in [-0.39, 0.29) is 11.7 Å². The van der Waals surface area contributed by atoms with Gasteiger partial charge in [0.25, 0.3) is 0 Å². The maximum Gasteiger partial charge on any atom is 0.238 e. The highest BCUT2D eigenvalue weighted by atomic mass is 19.1. The zero-order chi connectivity index (χ0) is 13.4. The van der Waals surface area contributed by atoms with Gasteiger partial charge in [-0.2, -0.15) is 0 Å². The highest BCUT2D eigenvalue weighted by Gasteiger charge is 2.06. The minimum Gasteiger partial charge on any atom is -0.325 e. The van der Waals surface area contributed by atoms with Gasteiger partial charge in [-0.3, -0.25) is 9.69 Å². The number of anilines is 1. The van der Waals surface area contributed by atoms with E-state index < -0.39 is 0 Å². The molecular weight excluding hydrogens is 233 g/mol. The van der Waals surface area contributed by atoms with Crippen LogP contribution >= 0.6 is 0 Å². The third-order valence-electron chi connectivity index (χ3n) is 2.49. The number of halogens is 1. The number of nitrogens with zero attached hydrogens (tertiary/aromatic N) is 1. The summed E-state index contributed by atoms with van der Waals surface area (Å²) in [5.41, 5.74) is 0.489. The molecule has 0 aromatic heterocycles. The average Bonchev–Trinajstić information content (AvgIpc) is 2.29. The molecule has 0 aliphatic rings. The Labute approximate surface area is 107 Å². The molecule has 1 aromatic carbocycles. The van der Waals surface area contributed by atoms with E-state index in [1.807, 2.05) is 19.0 Å². The van der Waals surface area contributed by atoms with E-state index in [1.165, 1.54) is 12.1 Å². The third-order valence-corrected chi connectivity index (χ3v) is 2.49. The number of hydrogen-bond acceptors (Lipinski definition) is 3. The van der Waals surface area contributed by atoms with Crippen molar-refractivity contribution >= 4 is 11.6 Å². The van der Waals surface area contributed by atoms with Gasteiger partial charge in [-0.25, -0.2) is 4.39 Å². The zero-order valence-electron chi connectivity index (χ0n) is 10.9. The van der Waals surface area contributed by atoms with Crippen molar-refractivity contribution in [2.45, 2.75) is 6.42 Å². The van der Waals surface area contributed by atoms with Crippen LogP contribution in [0.25, 0.3) is 0 Å². The van der Waals surface area contributed by atoms with E-state index in [0.29, 0.717) is 12.2 Å². The Hall–Kier alpha value is -1.46. The van der Waals surface area contributed by atoms with Gasteiger partial charge >= 0.3 is 0 Å². The molecule has 100 valence electrons. The number of nitrogens with one attached hydrogen (secondary N) is 2. The Morgan fingerprint density at radius 1 is 1.44 bits per heavy atom. The molecule has 0 unspecified atom stereocenters. The van der Waals surface area contributed by atoms with E-state index in [9.17, 15) is 9.18 Å². The normalized spacial score (nSPS) is 10.7. The maximum atomic E-state index is 12.9. The highest BCUT2D eigenvalue weighted by molar-refractivity contribution is 5.92. The van der Waals surface area contributed by atoms with E-state index in [2.05, 4.69) is 10.6 Å². The van der Waals surface area contributed by atoms with Crippen LogP contribution in [0.5, 0.6) is 0 Å². The molecule has 0 aliphatic carbocycles. The van der Waals surface area contributed by atoms with Gasteiger partial charge in [0.15, 0.2) is 0 Å². The first-order valence-corrected chi connectivity index (χ1v) is 6.00. The number of likely N-dealkylation sites (N-methyl/N-ethyl adjacent to an activating group) is 1. The van der Waals surface area contributed by atoms with E-state index in [1.54, 1.807) is 12.1 Å². The summed E-state index contributed by atoms with van der Waals surface area (Å²) in [7, 11) is 3.79. The number of rotatable bonds is 7. The Morgan fingerprint density at radius 2 is 2.22 bits per heavy atom. The van der Waals surface area contributed by atoms with Crippen molar-refractivity contribution in [1.29, 1.82) is 0 Å². The standard InChI is InChI=1S/C13H20FN3O/c1-15-7-4-8-17(2)10-13(18)16-12-6-3-5-11(14)9-12/h3,5-6,9,15H,4,7-8,10H2,1-2H3,(H,16,18). The molecule has 4 nitrogen and oxygen atoms in total. The number of amides is 1. The fourth-order valence-corrected chi connectivity index (χ4v) is 1.62. The first-order chi connectivity index (χ1) is 8.61. The topological polar surface area (TPSA) is 44.4 Å². The monoisotopic (exact) mass is 253 g/mol. The quantitative estimate of drug-likeness (QED) is 0.720. The Morgan fingerprint density at radius 3 is 2.89 bits per heavy atom. The molecule has 0 bridgehead atoms. The lowest BCUT2D eigenvalue weighted by Crippen LogP contribution is -2.31. The van der Waals surface area contributed by atoms with Gasteiger partial charge in [-0.1, -0.05) is 6.07 Å². The number of carbonyl (C=O) groups excluding carboxylic acids is 1. The summed E-state index contributed by atoms with van der Waals surface area (Å²) in [5, 5.41) is 5.72. The molecule has 1 rings (SSSR count). The summed E-state index contributed by atoms with van der Waals surface area (Å²) in [5.74, 6) is -0.484. The second-order valence-corrected chi connectivity index (χ2v) is 4.25. The lowest BCUT2D eigenvalue weighted by molar-refractivity contribution is -0.117. The molecule has 5 heteroatoms. The van der Waals surface area contributed by atoms with Crippen molar-refractivity contribution in [3.63, 3.8) is 0 Å². The highest BCUT2D eigenvalue weighted by Crippen LogP contribution is 2.08. The summed E-state index contributed by atoms with van der Waals surface area (Å²) in [6, 6.07) is 5.89. The van der Waals surface area contributed by atoms with Crippen molar-refractivity contribution in [2.75, 3.05) is 39.0 Å². The average molecular weight is 253 g/mol. The largest absolute Gasteiger partial charge is 0.325 e. The van der Waals surface area contributed by atoms with Gasteiger partial charge in [0.2, 0.25) is 5.91 Å². The van der Waals surface area contributed by atoms with Gasteiger partial charge < -0.3 is 10.6 Å². The predicted octanol–water partition coefficient (Wildman–Crippen LogP) is 1.31. The summed E-state index contributed by atoms with van der Waals surface area (Å²) in [4.78, 5) is 13.6. The Bertz CT molecular complexity index is 384. The second-order valence-electron chi connectivity index (χ2n) is 4.25. The molecule has 1 aromatic rings. The molecule has 0 atom stereocenters. The molecule has 0 heterocycles. The van der Waals surface area contributed by atoms with E-state index >= 15 is 0 Å². The first kappa shape index (κ1) is 14.6. The van der Waals surface area contributed by atoms with Crippen LogP contribution < -0.4 is 10.6 Å².